The van der Waals surface area contributed by atoms with Gasteiger partial charge in [-0.05, 0) is 95.6 Å². The van der Waals surface area contributed by atoms with Crippen molar-refractivity contribution in [3.8, 4) is 11.5 Å². The molecule has 6 heteroatoms. The monoisotopic (exact) mass is 530 g/mol. The van der Waals surface area contributed by atoms with E-state index in [9.17, 15) is 9.59 Å². The molecular formula is C34H30N2O4. The van der Waals surface area contributed by atoms with Gasteiger partial charge in [-0.3, -0.25) is 9.59 Å². The highest BCUT2D eigenvalue weighted by Crippen LogP contribution is 2.25. The molecule has 1 amide bonds. The molecule has 6 nitrogen and oxygen atoms in total. The van der Waals surface area contributed by atoms with Gasteiger partial charge in [-0.15, -0.1) is 0 Å². The Labute approximate surface area is 233 Å². The number of amides is 1. The number of aryl methyl sites for hydroxylation is 1. The minimum Gasteiger partial charge on any atom is -0.490 e. The lowest BCUT2D eigenvalue weighted by Gasteiger charge is -2.15. The molecule has 0 spiro atoms. The second kappa shape index (κ2) is 12.3. The minimum absolute atomic E-state index is 0.211. The Morgan fingerprint density at radius 2 is 1.40 bits per heavy atom. The second-order valence-corrected chi connectivity index (χ2v) is 9.63. The Balaban J connectivity index is 1.12. The summed E-state index contributed by atoms with van der Waals surface area (Å²) in [5, 5.41) is 7.40. The topological polar surface area (TPSA) is 77.5 Å². The summed E-state index contributed by atoms with van der Waals surface area (Å²) in [5.74, 6) is 1.29. The van der Waals surface area contributed by atoms with Crippen molar-refractivity contribution in [1.29, 1.82) is 0 Å². The fourth-order valence-electron chi connectivity index (χ4n) is 4.46. The number of hydrogen-bond donors (Lipinski definition) is 1. The first-order valence-corrected chi connectivity index (χ1v) is 13.2. The summed E-state index contributed by atoms with van der Waals surface area (Å²) in [6.07, 6.45) is 4.52. The minimum atomic E-state index is -0.328. The van der Waals surface area contributed by atoms with Crippen LogP contribution in [0.25, 0.3) is 21.5 Å². The second-order valence-electron chi connectivity index (χ2n) is 9.63. The molecule has 1 aromatic heterocycles. The number of carbonyl (C=O) groups excluding carboxylic acids is 2. The number of nitrogens with one attached hydrogen (secondary N) is 1. The van der Waals surface area contributed by atoms with E-state index in [-0.39, 0.29) is 23.3 Å². The highest BCUT2D eigenvalue weighted by molar-refractivity contribution is 5.93. The number of aldehydes is 1. The summed E-state index contributed by atoms with van der Waals surface area (Å²) >= 11 is 0. The molecule has 0 radical (unpaired) electrons. The van der Waals surface area contributed by atoms with Crippen molar-refractivity contribution in [2.24, 2.45) is 0 Å². The zero-order chi connectivity index (χ0) is 27.9. The number of ether oxygens (including phenoxy) is 2. The van der Waals surface area contributed by atoms with Gasteiger partial charge in [0.1, 0.15) is 36.1 Å². The summed E-state index contributed by atoms with van der Waals surface area (Å²) < 4.78 is 11.8. The third kappa shape index (κ3) is 6.53. The molecule has 1 atom stereocenters. The van der Waals surface area contributed by atoms with Crippen molar-refractivity contribution in [2.45, 2.75) is 19.9 Å². The molecule has 0 aliphatic carbocycles. The average molecular weight is 531 g/mol. The largest absolute Gasteiger partial charge is 0.490 e. The van der Waals surface area contributed by atoms with Crippen LogP contribution in [0.2, 0.25) is 0 Å². The van der Waals surface area contributed by atoms with E-state index >= 15 is 0 Å². The normalized spacial score (nSPS) is 11.9. The van der Waals surface area contributed by atoms with Gasteiger partial charge < -0.3 is 14.8 Å². The van der Waals surface area contributed by atoms with E-state index in [4.69, 9.17) is 9.47 Å². The van der Waals surface area contributed by atoms with E-state index < -0.39 is 0 Å². The Morgan fingerprint density at radius 3 is 2.08 bits per heavy atom. The van der Waals surface area contributed by atoms with Crippen LogP contribution in [-0.4, -0.2) is 30.4 Å². The highest BCUT2D eigenvalue weighted by Gasteiger charge is 2.13. The van der Waals surface area contributed by atoms with Gasteiger partial charge in [-0.1, -0.05) is 54.1 Å². The molecular weight excluding hydrogens is 500 g/mol. The molecule has 0 unspecified atom stereocenters. The number of pyridine rings is 1. The number of nitrogens with zero attached hydrogens (tertiary/aromatic N) is 1. The van der Waals surface area contributed by atoms with E-state index in [0.717, 1.165) is 33.2 Å². The van der Waals surface area contributed by atoms with Gasteiger partial charge in [0.2, 0.25) is 0 Å². The molecule has 40 heavy (non-hydrogen) atoms. The summed E-state index contributed by atoms with van der Waals surface area (Å²) in [4.78, 5) is 27.6. The van der Waals surface area contributed by atoms with Crippen molar-refractivity contribution < 1.29 is 19.1 Å². The van der Waals surface area contributed by atoms with Gasteiger partial charge in [0.05, 0.1) is 6.04 Å². The van der Waals surface area contributed by atoms with E-state index in [2.05, 4.69) is 47.6 Å². The first-order chi connectivity index (χ1) is 19.5. The van der Waals surface area contributed by atoms with Gasteiger partial charge >= 0.3 is 0 Å². The Kier molecular flexibility index (Phi) is 8.16. The molecule has 0 saturated carbocycles. The molecule has 5 rings (SSSR count). The smallest absolute Gasteiger partial charge is 0.270 e. The van der Waals surface area contributed by atoms with Crippen molar-refractivity contribution >= 4 is 33.7 Å². The first-order valence-electron chi connectivity index (χ1n) is 13.2. The van der Waals surface area contributed by atoms with Crippen LogP contribution in [0, 0.1) is 6.92 Å². The number of benzene rings is 4. The molecule has 0 fully saturated rings. The number of aromatic nitrogens is 1. The maximum absolute atomic E-state index is 12.6. The molecule has 0 bridgehead atoms. The van der Waals surface area contributed by atoms with Gasteiger partial charge in [-0.25, -0.2) is 4.98 Å². The fourth-order valence-corrected chi connectivity index (χ4v) is 4.46. The molecule has 1 N–H and O–H groups in total. The summed E-state index contributed by atoms with van der Waals surface area (Å²) in [6, 6.07) is 29.0. The zero-order valence-electron chi connectivity index (χ0n) is 22.5. The van der Waals surface area contributed by atoms with Crippen molar-refractivity contribution in [1.82, 2.24) is 10.3 Å². The number of rotatable bonds is 10. The van der Waals surface area contributed by atoms with Crippen LogP contribution in [0.4, 0.5) is 0 Å². The van der Waals surface area contributed by atoms with Crippen LogP contribution in [-0.2, 0) is 0 Å². The predicted molar refractivity (Wildman–Crippen MR) is 158 cm³/mol. The third-order valence-corrected chi connectivity index (χ3v) is 6.63. The van der Waals surface area contributed by atoms with Crippen molar-refractivity contribution in [3.05, 3.63) is 126 Å². The zero-order valence-corrected chi connectivity index (χ0v) is 22.5. The SMILES string of the molecule is Cc1ccc2cc(OCC=CCOc3ccc4cc([C@@H](C)NC(=O)c5cccc(C=O)n5)ccc4c3)ccc2c1. The maximum Gasteiger partial charge on any atom is 0.270 e. The quantitative estimate of drug-likeness (QED) is 0.155. The number of carbonyl (C=O) groups is 2. The van der Waals surface area contributed by atoms with Crippen LogP contribution in [0.3, 0.4) is 0 Å². The van der Waals surface area contributed by atoms with Crippen LogP contribution < -0.4 is 14.8 Å². The lowest BCUT2D eigenvalue weighted by molar-refractivity contribution is 0.0934. The van der Waals surface area contributed by atoms with Crippen LogP contribution in [0.1, 0.15) is 45.1 Å². The fraction of sp³-hybridized carbons (Fsp3) is 0.147. The Bertz CT molecular complexity index is 1710. The Morgan fingerprint density at radius 1 is 0.800 bits per heavy atom. The maximum atomic E-state index is 12.6. The van der Waals surface area contributed by atoms with Gasteiger partial charge in [-0.2, -0.15) is 0 Å². The predicted octanol–water partition coefficient (Wildman–Crippen LogP) is 7.01. The van der Waals surface area contributed by atoms with Crippen LogP contribution in [0.15, 0.2) is 103 Å². The average Bonchev–Trinajstić information content (AvgIpc) is 2.98. The van der Waals surface area contributed by atoms with Crippen molar-refractivity contribution in [2.75, 3.05) is 13.2 Å². The third-order valence-electron chi connectivity index (χ3n) is 6.63. The standard InChI is InChI=1S/C34H30N2O4/c1-23-8-9-28-20-31(14-12-26(28)18-23)39-16-3-4-17-40-32-15-13-27-19-25(10-11-29(27)21-32)24(2)35-34(38)33-7-5-6-30(22-37)36-33/h3-15,18-22,24H,16-17H2,1-2H3,(H,35,38)/t24-/m1/s1. The number of hydrogen-bond acceptors (Lipinski definition) is 5. The van der Waals surface area contributed by atoms with E-state index in [0.29, 0.717) is 19.5 Å². The summed E-state index contributed by atoms with van der Waals surface area (Å²) in [7, 11) is 0. The summed E-state index contributed by atoms with van der Waals surface area (Å²) in [5.41, 5.74) is 2.65. The van der Waals surface area contributed by atoms with Gasteiger partial charge in [0.25, 0.3) is 5.91 Å². The molecule has 0 aliphatic rings. The molecule has 1 heterocycles. The molecule has 0 saturated heterocycles. The lowest BCUT2D eigenvalue weighted by Crippen LogP contribution is -2.27. The van der Waals surface area contributed by atoms with Gasteiger partial charge in [0, 0.05) is 0 Å². The van der Waals surface area contributed by atoms with Crippen LogP contribution >= 0.6 is 0 Å². The van der Waals surface area contributed by atoms with Crippen molar-refractivity contribution in [3.63, 3.8) is 0 Å². The van der Waals surface area contributed by atoms with E-state index in [1.807, 2.05) is 61.5 Å². The van der Waals surface area contributed by atoms with E-state index in [1.165, 1.54) is 10.9 Å². The Hall–Kier alpha value is -4.97. The summed E-state index contributed by atoms with van der Waals surface area (Å²) in [6.45, 7) is 4.91. The highest BCUT2D eigenvalue weighted by atomic mass is 16.5. The molecule has 200 valence electrons. The molecule has 5 aromatic rings. The molecule has 0 aliphatic heterocycles. The van der Waals surface area contributed by atoms with Crippen LogP contribution in [0.5, 0.6) is 11.5 Å². The van der Waals surface area contributed by atoms with E-state index in [1.54, 1.807) is 18.2 Å². The molecule has 4 aromatic carbocycles. The number of fused-ring (bicyclic) bond motifs is 2. The lowest BCUT2D eigenvalue weighted by atomic mass is 10.0. The van der Waals surface area contributed by atoms with Gasteiger partial charge in [0.15, 0.2) is 6.29 Å². The first kappa shape index (κ1) is 26.6.